The van der Waals surface area contributed by atoms with Gasteiger partial charge < -0.3 is 10.2 Å². The minimum absolute atomic E-state index is 0.351. The van der Waals surface area contributed by atoms with Crippen molar-refractivity contribution in [3.05, 3.63) is 16.1 Å². The van der Waals surface area contributed by atoms with Gasteiger partial charge in [-0.2, -0.15) is 0 Å². The van der Waals surface area contributed by atoms with E-state index in [9.17, 15) is 0 Å². The van der Waals surface area contributed by atoms with Gasteiger partial charge in [0.1, 0.15) is 0 Å². The van der Waals surface area contributed by atoms with Gasteiger partial charge in [-0.3, -0.25) is 0 Å². The molecule has 0 radical (unpaired) electrons. The Labute approximate surface area is 116 Å². The maximum Gasteiger partial charge on any atom is 0.0798 e. The Kier molecular flexibility index (Phi) is 6.26. The molecular weight excluding hydrogens is 242 g/mol. The highest BCUT2D eigenvalue weighted by atomic mass is 32.1. The van der Waals surface area contributed by atoms with E-state index in [1.807, 2.05) is 5.51 Å². The van der Waals surface area contributed by atoms with E-state index in [0.717, 1.165) is 26.2 Å². The summed E-state index contributed by atoms with van der Waals surface area (Å²) >= 11 is 1.76. The van der Waals surface area contributed by atoms with Crippen LogP contribution in [-0.4, -0.2) is 36.6 Å². The minimum atomic E-state index is 0.351. The van der Waals surface area contributed by atoms with Gasteiger partial charge in [-0.25, -0.2) is 4.98 Å². The number of thiazole rings is 1. The lowest BCUT2D eigenvalue weighted by Gasteiger charge is -2.33. The summed E-state index contributed by atoms with van der Waals surface area (Å²) in [6.07, 6.45) is 1.20. The Hall–Kier alpha value is -0.450. The van der Waals surface area contributed by atoms with Crippen LogP contribution in [0.2, 0.25) is 0 Å². The first kappa shape index (κ1) is 15.6. The van der Waals surface area contributed by atoms with Crippen LogP contribution in [0.25, 0.3) is 0 Å². The molecule has 1 N–H and O–H groups in total. The Morgan fingerprint density at radius 1 is 1.44 bits per heavy atom. The molecule has 1 aromatic heterocycles. The third-order valence-electron chi connectivity index (χ3n) is 3.57. The predicted octanol–water partition coefficient (Wildman–Crippen LogP) is 2.91. The molecule has 1 heterocycles. The quantitative estimate of drug-likeness (QED) is 0.786. The molecular formula is C14H27N3S. The average molecular weight is 269 g/mol. The molecule has 1 unspecified atom stereocenters. The van der Waals surface area contributed by atoms with Gasteiger partial charge in [-0.15, -0.1) is 11.3 Å². The summed E-state index contributed by atoms with van der Waals surface area (Å²) in [7, 11) is 2.21. The van der Waals surface area contributed by atoms with E-state index in [1.165, 1.54) is 17.0 Å². The summed E-state index contributed by atoms with van der Waals surface area (Å²) in [5.41, 5.74) is 3.47. The summed E-state index contributed by atoms with van der Waals surface area (Å²) in [4.78, 5) is 8.12. The zero-order chi connectivity index (χ0) is 13.6. The molecule has 104 valence electrons. The van der Waals surface area contributed by atoms with Gasteiger partial charge in [0.2, 0.25) is 0 Å². The van der Waals surface area contributed by atoms with Crippen molar-refractivity contribution in [2.45, 2.75) is 40.7 Å². The first-order valence-corrected chi connectivity index (χ1v) is 7.67. The largest absolute Gasteiger partial charge is 0.316 e. The SMILES string of the molecule is CCNCC(C)(CC)CN(C)Cc1scnc1C. The molecule has 4 heteroatoms. The number of rotatable bonds is 8. The number of aromatic nitrogens is 1. The molecule has 0 aliphatic heterocycles. The molecule has 0 aromatic carbocycles. The van der Waals surface area contributed by atoms with Crippen LogP contribution >= 0.6 is 11.3 Å². The molecule has 0 spiro atoms. The van der Waals surface area contributed by atoms with Gasteiger partial charge in [0.15, 0.2) is 0 Å². The van der Waals surface area contributed by atoms with E-state index in [4.69, 9.17) is 0 Å². The second kappa shape index (κ2) is 7.22. The molecule has 0 amide bonds. The van der Waals surface area contributed by atoms with Gasteiger partial charge in [-0.1, -0.05) is 20.8 Å². The third kappa shape index (κ3) is 4.67. The fraction of sp³-hybridized carbons (Fsp3) is 0.786. The van der Waals surface area contributed by atoms with Gasteiger partial charge in [0.05, 0.1) is 11.2 Å². The molecule has 1 aromatic rings. The van der Waals surface area contributed by atoms with Gasteiger partial charge in [-0.05, 0) is 32.4 Å². The lowest BCUT2D eigenvalue weighted by Crippen LogP contribution is -2.40. The number of aryl methyl sites for hydroxylation is 1. The van der Waals surface area contributed by atoms with Gasteiger partial charge in [0, 0.05) is 24.5 Å². The molecule has 0 saturated heterocycles. The molecule has 18 heavy (non-hydrogen) atoms. The van der Waals surface area contributed by atoms with Crippen molar-refractivity contribution >= 4 is 11.3 Å². The fourth-order valence-electron chi connectivity index (χ4n) is 2.15. The highest BCUT2D eigenvalue weighted by Crippen LogP contribution is 2.23. The second-order valence-corrected chi connectivity index (χ2v) is 6.42. The molecule has 1 atom stereocenters. The second-order valence-electron chi connectivity index (χ2n) is 5.48. The van der Waals surface area contributed by atoms with Gasteiger partial charge in [0.25, 0.3) is 0 Å². The van der Waals surface area contributed by atoms with Crippen molar-refractivity contribution in [3.8, 4) is 0 Å². The molecule has 1 rings (SSSR count). The van der Waals surface area contributed by atoms with Gasteiger partial charge >= 0.3 is 0 Å². The van der Waals surface area contributed by atoms with Crippen LogP contribution < -0.4 is 5.32 Å². The first-order chi connectivity index (χ1) is 8.50. The monoisotopic (exact) mass is 269 g/mol. The summed E-state index contributed by atoms with van der Waals surface area (Å²) in [6, 6.07) is 0. The normalized spacial score (nSPS) is 15.0. The smallest absolute Gasteiger partial charge is 0.0798 e. The lowest BCUT2D eigenvalue weighted by molar-refractivity contribution is 0.176. The fourth-order valence-corrected chi connectivity index (χ4v) is 3.01. The van der Waals surface area contributed by atoms with Crippen molar-refractivity contribution in [1.29, 1.82) is 0 Å². The summed E-state index contributed by atoms with van der Waals surface area (Å²) < 4.78 is 0. The standard InChI is InChI=1S/C14H27N3S/c1-6-14(4,9-15-7-2)10-17(5)8-13-12(3)16-11-18-13/h11,15H,6-10H2,1-5H3. The van der Waals surface area contributed by atoms with Crippen molar-refractivity contribution in [3.63, 3.8) is 0 Å². The maximum atomic E-state index is 4.32. The molecule has 0 fully saturated rings. The molecule has 0 aliphatic rings. The van der Waals surface area contributed by atoms with E-state index in [0.29, 0.717) is 5.41 Å². The first-order valence-electron chi connectivity index (χ1n) is 6.79. The topological polar surface area (TPSA) is 28.2 Å². The Bertz CT molecular complexity index is 351. The Balaban J connectivity index is 2.51. The number of hydrogen-bond acceptors (Lipinski definition) is 4. The molecule has 3 nitrogen and oxygen atoms in total. The van der Waals surface area contributed by atoms with Crippen molar-refractivity contribution in [2.24, 2.45) is 5.41 Å². The summed E-state index contributed by atoms with van der Waals surface area (Å²) in [5.74, 6) is 0. The zero-order valence-corrected chi connectivity index (χ0v) is 13.2. The van der Waals surface area contributed by atoms with Crippen LogP contribution in [-0.2, 0) is 6.54 Å². The van der Waals surface area contributed by atoms with E-state index in [-0.39, 0.29) is 0 Å². The summed E-state index contributed by atoms with van der Waals surface area (Å²) in [5, 5.41) is 3.48. The van der Waals surface area contributed by atoms with E-state index >= 15 is 0 Å². The third-order valence-corrected chi connectivity index (χ3v) is 4.49. The highest BCUT2D eigenvalue weighted by Gasteiger charge is 2.23. The van der Waals surface area contributed by atoms with E-state index in [2.05, 4.69) is 49.9 Å². The van der Waals surface area contributed by atoms with Crippen LogP contribution in [0.3, 0.4) is 0 Å². The van der Waals surface area contributed by atoms with E-state index < -0.39 is 0 Å². The molecule has 0 saturated carbocycles. The number of nitrogens with one attached hydrogen (secondary N) is 1. The lowest BCUT2D eigenvalue weighted by atomic mass is 9.87. The number of nitrogens with zero attached hydrogens (tertiary/aromatic N) is 2. The minimum Gasteiger partial charge on any atom is -0.316 e. The van der Waals surface area contributed by atoms with Crippen LogP contribution in [0.5, 0.6) is 0 Å². The number of hydrogen-bond donors (Lipinski definition) is 1. The van der Waals surface area contributed by atoms with Crippen LogP contribution in [0.1, 0.15) is 37.8 Å². The zero-order valence-electron chi connectivity index (χ0n) is 12.4. The van der Waals surface area contributed by atoms with Crippen molar-refractivity contribution in [2.75, 3.05) is 26.7 Å². The van der Waals surface area contributed by atoms with Crippen LogP contribution in [0, 0.1) is 12.3 Å². The highest BCUT2D eigenvalue weighted by molar-refractivity contribution is 7.09. The van der Waals surface area contributed by atoms with Crippen molar-refractivity contribution < 1.29 is 0 Å². The van der Waals surface area contributed by atoms with Crippen LogP contribution in [0.15, 0.2) is 5.51 Å². The van der Waals surface area contributed by atoms with E-state index in [1.54, 1.807) is 11.3 Å². The summed E-state index contributed by atoms with van der Waals surface area (Å²) in [6.45, 7) is 13.2. The molecule has 0 bridgehead atoms. The Morgan fingerprint density at radius 2 is 2.17 bits per heavy atom. The molecule has 0 aliphatic carbocycles. The predicted molar refractivity (Wildman–Crippen MR) is 80.1 cm³/mol. The maximum absolute atomic E-state index is 4.32. The van der Waals surface area contributed by atoms with Crippen LogP contribution in [0.4, 0.5) is 0 Å². The average Bonchev–Trinajstić information content (AvgIpc) is 2.72. The Morgan fingerprint density at radius 3 is 2.67 bits per heavy atom. The van der Waals surface area contributed by atoms with Crippen molar-refractivity contribution in [1.82, 2.24) is 15.2 Å².